The topological polar surface area (TPSA) is 63.6 Å². The Hall–Kier alpha value is -1.07. The first-order valence-corrected chi connectivity index (χ1v) is 4.93. The van der Waals surface area contributed by atoms with E-state index < -0.39 is 10.1 Å². The van der Waals surface area contributed by atoms with Crippen LogP contribution in [0.25, 0.3) is 0 Å². The second-order valence-electron chi connectivity index (χ2n) is 2.50. The van der Waals surface area contributed by atoms with Crippen molar-refractivity contribution in [2.24, 2.45) is 0 Å². The van der Waals surface area contributed by atoms with Crippen molar-refractivity contribution in [3.05, 3.63) is 23.8 Å². The van der Waals surface area contributed by atoms with Crippen LogP contribution in [0, 0.1) is 13.0 Å². The number of hydrogen-bond donors (Lipinski definition) is 1. The Morgan fingerprint density at radius 3 is 2.54 bits per heavy atom. The van der Waals surface area contributed by atoms with E-state index in [1.54, 1.807) is 13.0 Å². The smallest absolute Gasteiger partial charge is 0.298 e. The molecule has 0 aliphatic heterocycles. The van der Waals surface area contributed by atoms with E-state index in [2.05, 4.69) is 6.07 Å². The third-order valence-electron chi connectivity index (χ3n) is 1.57. The van der Waals surface area contributed by atoms with Gasteiger partial charge in [0.25, 0.3) is 10.1 Å². The molecule has 0 spiro atoms. The number of ether oxygens (including phenoxy) is 1. The van der Waals surface area contributed by atoms with Gasteiger partial charge in [-0.25, -0.2) is 0 Å². The van der Waals surface area contributed by atoms with E-state index in [4.69, 9.17) is 9.29 Å². The largest absolute Gasteiger partial charge is 0.495 e. The second-order valence-corrected chi connectivity index (χ2v) is 3.86. The van der Waals surface area contributed by atoms with Crippen molar-refractivity contribution < 1.29 is 17.7 Å². The molecule has 1 aromatic carbocycles. The van der Waals surface area contributed by atoms with Crippen LogP contribution in [-0.2, 0) is 10.1 Å². The van der Waals surface area contributed by atoms with Crippen LogP contribution in [0.15, 0.2) is 17.0 Å². The van der Waals surface area contributed by atoms with Gasteiger partial charge in [0.2, 0.25) is 0 Å². The van der Waals surface area contributed by atoms with Crippen LogP contribution in [0.3, 0.4) is 0 Å². The molecule has 13 heavy (non-hydrogen) atoms. The van der Waals surface area contributed by atoms with Gasteiger partial charge in [-0.2, -0.15) is 8.42 Å². The van der Waals surface area contributed by atoms with Crippen molar-refractivity contribution >= 4 is 10.1 Å². The average Bonchev–Trinajstić information content (AvgIpc) is 2.02. The van der Waals surface area contributed by atoms with Crippen molar-refractivity contribution in [3.8, 4) is 5.75 Å². The monoisotopic (exact) mass is 201 g/mol. The Balaban J connectivity index is 3.47. The van der Waals surface area contributed by atoms with E-state index in [0.717, 1.165) is 0 Å². The summed E-state index contributed by atoms with van der Waals surface area (Å²) < 4.78 is 35.2. The maximum absolute atomic E-state index is 10.8. The lowest BCUT2D eigenvalue weighted by molar-refractivity contribution is 0.394. The van der Waals surface area contributed by atoms with E-state index in [-0.39, 0.29) is 10.6 Å². The number of methoxy groups -OCH3 is 1. The van der Waals surface area contributed by atoms with Crippen molar-refractivity contribution in [2.75, 3.05) is 7.11 Å². The van der Waals surface area contributed by atoms with Crippen molar-refractivity contribution in [1.29, 1.82) is 0 Å². The first-order valence-electron chi connectivity index (χ1n) is 3.49. The molecule has 4 nitrogen and oxygen atoms in total. The minimum Gasteiger partial charge on any atom is -0.495 e. The molecule has 0 bridgehead atoms. The fourth-order valence-corrected chi connectivity index (χ4v) is 1.70. The molecule has 1 aromatic rings. The predicted molar refractivity (Wildman–Crippen MR) is 46.4 cm³/mol. The summed E-state index contributed by atoms with van der Waals surface area (Å²) in [6.45, 7) is 1.68. The molecule has 0 fully saturated rings. The van der Waals surface area contributed by atoms with E-state index >= 15 is 0 Å². The predicted octanol–water partition coefficient (Wildman–Crippen LogP) is 1.05. The highest BCUT2D eigenvalue weighted by molar-refractivity contribution is 7.86. The van der Waals surface area contributed by atoms with Gasteiger partial charge in [0.05, 0.1) is 7.11 Å². The molecule has 0 amide bonds. The molecule has 5 heteroatoms. The highest BCUT2D eigenvalue weighted by Gasteiger charge is 2.17. The van der Waals surface area contributed by atoms with Gasteiger partial charge in [-0.05, 0) is 12.5 Å². The molecule has 0 atom stereocenters. The summed E-state index contributed by atoms with van der Waals surface area (Å²) in [6.07, 6.45) is 0. The van der Waals surface area contributed by atoms with Crippen LogP contribution in [0.2, 0.25) is 0 Å². The molecule has 0 saturated heterocycles. The molecule has 1 rings (SSSR count). The lowest BCUT2D eigenvalue weighted by Gasteiger charge is -2.07. The fraction of sp³-hybridized carbons (Fsp3) is 0.250. The minimum atomic E-state index is -4.25. The van der Waals surface area contributed by atoms with E-state index in [0.29, 0.717) is 5.56 Å². The maximum Gasteiger partial charge on any atom is 0.298 e. The summed E-state index contributed by atoms with van der Waals surface area (Å²) in [4.78, 5) is -0.324. The summed E-state index contributed by atoms with van der Waals surface area (Å²) in [5, 5.41) is 0. The second kappa shape index (κ2) is 3.35. The Morgan fingerprint density at radius 1 is 1.54 bits per heavy atom. The molecule has 1 N–H and O–H groups in total. The third kappa shape index (κ3) is 1.99. The molecule has 0 heterocycles. The van der Waals surface area contributed by atoms with Crippen molar-refractivity contribution in [1.82, 2.24) is 0 Å². The van der Waals surface area contributed by atoms with E-state index in [1.165, 1.54) is 13.2 Å². The molecular weight excluding hydrogens is 192 g/mol. The van der Waals surface area contributed by atoms with Crippen LogP contribution < -0.4 is 4.74 Å². The van der Waals surface area contributed by atoms with Crippen LogP contribution in [0.1, 0.15) is 5.56 Å². The third-order valence-corrected chi connectivity index (χ3v) is 2.39. The number of aryl methyl sites for hydroxylation is 1. The van der Waals surface area contributed by atoms with Gasteiger partial charge < -0.3 is 4.74 Å². The zero-order chi connectivity index (χ0) is 10.1. The van der Waals surface area contributed by atoms with Crippen LogP contribution in [0.4, 0.5) is 0 Å². The Labute approximate surface area is 76.9 Å². The summed E-state index contributed by atoms with van der Waals surface area (Å²) in [5.74, 6) is 0.130. The van der Waals surface area contributed by atoms with Crippen LogP contribution in [0.5, 0.6) is 5.75 Å². The van der Waals surface area contributed by atoms with Crippen LogP contribution >= 0.6 is 0 Å². The molecule has 1 radical (unpaired) electrons. The first kappa shape index (κ1) is 10.0. The Kier molecular flexibility index (Phi) is 2.58. The van der Waals surface area contributed by atoms with E-state index in [1.807, 2.05) is 0 Å². The summed E-state index contributed by atoms with van der Waals surface area (Å²) in [5.41, 5.74) is 0.633. The van der Waals surface area contributed by atoms with Gasteiger partial charge in [-0.15, -0.1) is 0 Å². The molecular formula is C8H9O4S. The molecule has 0 aliphatic carbocycles. The Bertz CT molecular complexity index is 408. The lowest BCUT2D eigenvalue weighted by Crippen LogP contribution is -2.02. The minimum absolute atomic E-state index is 0.130. The lowest BCUT2D eigenvalue weighted by atomic mass is 10.2. The zero-order valence-electron chi connectivity index (χ0n) is 7.23. The average molecular weight is 201 g/mol. The van der Waals surface area contributed by atoms with Gasteiger partial charge in [-0.1, -0.05) is 12.1 Å². The number of rotatable bonds is 2. The maximum atomic E-state index is 10.8. The van der Waals surface area contributed by atoms with Gasteiger partial charge in [0.1, 0.15) is 10.6 Å². The molecule has 0 aromatic heterocycles. The molecule has 0 aliphatic rings. The summed E-state index contributed by atoms with van der Waals surface area (Å²) in [6, 6.07) is 5.47. The SMILES string of the molecule is COc1c(S(=O)(=O)O)[c]ccc1C. The quantitative estimate of drug-likeness (QED) is 0.726. The highest BCUT2D eigenvalue weighted by Crippen LogP contribution is 2.26. The first-order chi connectivity index (χ1) is 5.96. The van der Waals surface area contributed by atoms with E-state index in [9.17, 15) is 8.42 Å². The van der Waals surface area contributed by atoms with Crippen LogP contribution in [-0.4, -0.2) is 20.1 Å². The zero-order valence-corrected chi connectivity index (χ0v) is 8.05. The fourth-order valence-electron chi connectivity index (χ4n) is 1.01. The standard InChI is InChI=1S/C8H9O4S/c1-6-4-3-5-7(8(6)12-2)13(9,10)11/h3-4H,1-2H3,(H,9,10,11). The molecule has 71 valence electrons. The number of benzene rings is 1. The van der Waals surface area contributed by atoms with Gasteiger partial charge >= 0.3 is 0 Å². The molecule has 0 saturated carbocycles. The van der Waals surface area contributed by atoms with Gasteiger partial charge in [0, 0.05) is 6.07 Å². The number of hydrogen-bond acceptors (Lipinski definition) is 3. The van der Waals surface area contributed by atoms with Gasteiger partial charge in [-0.3, -0.25) is 4.55 Å². The Morgan fingerprint density at radius 2 is 2.15 bits per heavy atom. The summed E-state index contributed by atoms with van der Waals surface area (Å²) in [7, 11) is -2.91. The summed E-state index contributed by atoms with van der Waals surface area (Å²) >= 11 is 0. The highest BCUT2D eigenvalue weighted by atomic mass is 32.2. The van der Waals surface area contributed by atoms with Gasteiger partial charge in [0.15, 0.2) is 0 Å². The molecule has 0 unspecified atom stereocenters. The van der Waals surface area contributed by atoms with Crippen molar-refractivity contribution in [3.63, 3.8) is 0 Å². The normalized spacial score (nSPS) is 11.3. The van der Waals surface area contributed by atoms with Crippen molar-refractivity contribution in [2.45, 2.75) is 11.8 Å².